The molecule has 1 saturated heterocycles. The zero-order valence-electron chi connectivity index (χ0n) is 10.9. The minimum Gasteiger partial charge on any atom is -0.350 e. The summed E-state index contributed by atoms with van der Waals surface area (Å²) in [5.74, 6) is -0.0783. The van der Waals surface area contributed by atoms with E-state index in [9.17, 15) is 9.59 Å². The van der Waals surface area contributed by atoms with Crippen LogP contribution in [0, 0.1) is 6.92 Å². The maximum absolute atomic E-state index is 12.6. The molecular weight excluding hydrogens is 262 g/mol. The lowest BCUT2D eigenvalue weighted by Crippen LogP contribution is -2.62. The molecule has 2 unspecified atom stereocenters. The van der Waals surface area contributed by atoms with E-state index < -0.39 is 0 Å². The van der Waals surface area contributed by atoms with Gasteiger partial charge in [0.2, 0.25) is 5.91 Å². The SMILES string of the molecule is Cc1ncsc1C(=O)N1CC(=O)NC2CCCCC21. The van der Waals surface area contributed by atoms with E-state index in [0.29, 0.717) is 4.88 Å². The summed E-state index contributed by atoms with van der Waals surface area (Å²) in [5.41, 5.74) is 2.44. The zero-order valence-corrected chi connectivity index (χ0v) is 11.7. The monoisotopic (exact) mass is 279 g/mol. The van der Waals surface area contributed by atoms with Crippen LogP contribution in [0.25, 0.3) is 0 Å². The fourth-order valence-electron chi connectivity index (χ4n) is 3.04. The second-order valence-corrected chi connectivity index (χ2v) is 6.08. The Kier molecular flexibility index (Phi) is 3.26. The third kappa shape index (κ3) is 2.25. The van der Waals surface area contributed by atoms with Crippen LogP contribution < -0.4 is 5.32 Å². The molecule has 1 aliphatic carbocycles. The first kappa shape index (κ1) is 12.6. The highest BCUT2D eigenvalue weighted by Crippen LogP contribution is 2.28. The number of hydrogen-bond acceptors (Lipinski definition) is 4. The highest BCUT2D eigenvalue weighted by Gasteiger charge is 2.39. The van der Waals surface area contributed by atoms with Crippen LogP contribution in [-0.2, 0) is 4.79 Å². The van der Waals surface area contributed by atoms with Crippen LogP contribution >= 0.6 is 11.3 Å². The molecule has 0 radical (unpaired) electrons. The summed E-state index contributed by atoms with van der Waals surface area (Å²) in [7, 11) is 0. The molecule has 0 spiro atoms. The molecule has 1 saturated carbocycles. The standard InChI is InChI=1S/C13H17N3O2S/c1-8-12(19-7-14-8)13(18)16-6-11(17)15-9-4-2-3-5-10(9)16/h7,9-10H,2-6H2,1H3,(H,15,17). The first-order chi connectivity index (χ1) is 9.16. The van der Waals surface area contributed by atoms with Crippen molar-refractivity contribution in [1.29, 1.82) is 0 Å². The second-order valence-electron chi connectivity index (χ2n) is 5.23. The van der Waals surface area contributed by atoms with Crippen LogP contribution in [0.4, 0.5) is 0 Å². The molecule has 19 heavy (non-hydrogen) atoms. The first-order valence-corrected chi connectivity index (χ1v) is 7.55. The average molecular weight is 279 g/mol. The Morgan fingerprint density at radius 3 is 3.00 bits per heavy atom. The van der Waals surface area contributed by atoms with Gasteiger partial charge in [-0.25, -0.2) is 4.98 Å². The Morgan fingerprint density at radius 2 is 2.26 bits per heavy atom. The van der Waals surface area contributed by atoms with Crippen LogP contribution in [0.1, 0.15) is 41.0 Å². The van der Waals surface area contributed by atoms with E-state index in [2.05, 4.69) is 10.3 Å². The number of hydrogen-bond donors (Lipinski definition) is 1. The molecule has 1 aromatic heterocycles. The largest absolute Gasteiger partial charge is 0.350 e. The lowest BCUT2D eigenvalue weighted by Gasteiger charge is -2.43. The number of nitrogens with zero attached hydrogens (tertiary/aromatic N) is 2. The Labute approximate surface area is 116 Å². The van der Waals surface area contributed by atoms with Crippen molar-refractivity contribution in [3.05, 3.63) is 16.1 Å². The number of piperazine rings is 1. The van der Waals surface area contributed by atoms with Gasteiger partial charge in [0.25, 0.3) is 5.91 Å². The number of carbonyl (C=O) groups is 2. The number of aromatic nitrogens is 1. The van der Waals surface area contributed by atoms with Crippen LogP contribution in [0.3, 0.4) is 0 Å². The van der Waals surface area contributed by atoms with Crippen molar-refractivity contribution in [2.45, 2.75) is 44.7 Å². The van der Waals surface area contributed by atoms with Crippen molar-refractivity contribution in [2.75, 3.05) is 6.54 Å². The van der Waals surface area contributed by atoms with E-state index in [4.69, 9.17) is 0 Å². The molecular formula is C13H17N3O2S. The van der Waals surface area contributed by atoms with Crippen molar-refractivity contribution in [3.8, 4) is 0 Å². The third-order valence-corrected chi connectivity index (χ3v) is 4.91. The molecule has 2 aliphatic rings. The van der Waals surface area contributed by atoms with Crippen LogP contribution in [0.2, 0.25) is 0 Å². The summed E-state index contributed by atoms with van der Waals surface area (Å²) in [6.45, 7) is 2.02. The van der Waals surface area contributed by atoms with Crippen molar-refractivity contribution in [1.82, 2.24) is 15.2 Å². The van der Waals surface area contributed by atoms with E-state index in [0.717, 1.165) is 31.4 Å². The number of nitrogens with one attached hydrogen (secondary N) is 1. The van der Waals surface area contributed by atoms with Crippen LogP contribution in [0.5, 0.6) is 0 Å². The Hall–Kier alpha value is -1.43. The molecule has 2 atom stereocenters. The lowest BCUT2D eigenvalue weighted by molar-refractivity contribution is -0.127. The van der Waals surface area contributed by atoms with E-state index in [1.807, 2.05) is 6.92 Å². The maximum Gasteiger partial charge on any atom is 0.266 e. The summed E-state index contributed by atoms with van der Waals surface area (Å²) >= 11 is 1.36. The summed E-state index contributed by atoms with van der Waals surface area (Å²) < 4.78 is 0. The number of rotatable bonds is 1. The summed E-state index contributed by atoms with van der Waals surface area (Å²) in [6, 6.07) is 0.285. The predicted octanol–water partition coefficient (Wildman–Crippen LogP) is 1.33. The number of carbonyl (C=O) groups excluding carboxylic acids is 2. The number of aryl methyl sites for hydroxylation is 1. The fraction of sp³-hybridized carbons (Fsp3) is 0.615. The summed E-state index contributed by atoms with van der Waals surface area (Å²) in [6.07, 6.45) is 4.21. The molecule has 1 aromatic rings. The molecule has 3 rings (SSSR count). The summed E-state index contributed by atoms with van der Waals surface area (Å²) in [5, 5.41) is 3.02. The van der Waals surface area contributed by atoms with Gasteiger partial charge in [-0.3, -0.25) is 9.59 Å². The van der Waals surface area contributed by atoms with Crippen LogP contribution in [0.15, 0.2) is 5.51 Å². The quantitative estimate of drug-likeness (QED) is 0.843. The molecule has 102 valence electrons. The third-order valence-electron chi connectivity index (χ3n) is 3.99. The van der Waals surface area contributed by atoms with E-state index in [1.54, 1.807) is 10.4 Å². The zero-order chi connectivity index (χ0) is 13.4. The molecule has 1 N–H and O–H groups in total. The molecule has 2 heterocycles. The van der Waals surface area contributed by atoms with Gasteiger partial charge in [-0.1, -0.05) is 12.8 Å². The second kappa shape index (κ2) is 4.92. The Morgan fingerprint density at radius 1 is 1.47 bits per heavy atom. The van der Waals surface area contributed by atoms with Gasteiger partial charge in [0.1, 0.15) is 11.4 Å². The van der Waals surface area contributed by atoms with Gasteiger partial charge >= 0.3 is 0 Å². The molecule has 0 bridgehead atoms. The number of thiazole rings is 1. The summed E-state index contributed by atoms with van der Waals surface area (Å²) in [4.78, 5) is 30.9. The van der Waals surface area contributed by atoms with Gasteiger partial charge in [-0.2, -0.15) is 0 Å². The van der Waals surface area contributed by atoms with E-state index >= 15 is 0 Å². The number of amides is 2. The van der Waals surface area contributed by atoms with E-state index in [1.165, 1.54) is 11.3 Å². The van der Waals surface area contributed by atoms with Crippen molar-refractivity contribution >= 4 is 23.2 Å². The first-order valence-electron chi connectivity index (χ1n) is 6.67. The number of fused-ring (bicyclic) bond motifs is 1. The van der Waals surface area contributed by atoms with Gasteiger partial charge in [0.15, 0.2) is 0 Å². The van der Waals surface area contributed by atoms with Gasteiger partial charge in [0.05, 0.1) is 17.2 Å². The Bertz CT molecular complexity index is 514. The van der Waals surface area contributed by atoms with Crippen molar-refractivity contribution < 1.29 is 9.59 Å². The minimum atomic E-state index is -0.0429. The molecule has 1 aliphatic heterocycles. The predicted molar refractivity (Wildman–Crippen MR) is 72.1 cm³/mol. The maximum atomic E-state index is 12.6. The minimum absolute atomic E-state index is 0.0354. The molecule has 6 heteroatoms. The lowest BCUT2D eigenvalue weighted by atomic mass is 9.87. The molecule has 2 fully saturated rings. The van der Waals surface area contributed by atoms with Crippen LogP contribution in [-0.4, -0.2) is 40.3 Å². The fourth-order valence-corrected chi connectivity index (χ4v) is 3.79. The van der Waals surface area contributed by atoms with Crippen molar-refractivity contribution in [2.24, 2.45) is 0 Å². The van der Waals surface area contributed by atoms with Gasteiger partial charge in [-0.05, 0) is 19.8 Å². The average Bonchev–Trinajstić information content (AvgIpc) is 2.83. The van der Waals surface area contributed by atoms with Gasteiger partial charge in [0, 0.05) is 6.04 Å². The topological polar surface area (TPSA) is 62.3 Å². The van der Waals surface area contributed by atoms with Gasteiger partial charge < -0.3 is 10.2 Å². The molecule has 5 nitrogen and oxygen atoms in total. The highest BCUT2D eigenvalue weighted by molar-refractivity contribution is 7.11. The van der Waals surface area contributed by atoms with Gasteiger partial charge in [-0.15, -0.1) is 11.3 Å². The molecule has 2 amide bonds. The molecule has 0 aromatic carbocycles. The Balaban J connectivity index is 1.87. The highest BCUT2D eigenvalue weighted by atomic mass is 32.1. The van der Waals surface area contributed by atoms with E-state index in [-0.39, 0.29) is 30.4 Å². The normalized spacial score (nSPS) is 26.8. The van der Waals surface area contributed by atoms with Crippen molar-refractivity contribution in [3.63, 3.8) is 0 Å². The smallest absolute Gasteiger partial charge is 0.266 e.